The molecule has 1 N–H and O–H groups in total. The van der Waals surface area contributed by atoms with E-state index in [1.165, 1.54) is 43.2 Å². The average molecular weight is 586 g/mol. The van der Waals surface area contributed by atoms with Crippen LogP contribution in [0, 0.1) is 5.92 Å². The van der Waals surface area contributed by atoms with Gasteiger partial charge in [-0.25, -0.2) is 0 Å². The van der Waals surface area contributed by atoms with Crippen molar-refractivity contribution in [1.82, 2.24) is 0 Å². The number of ether oxygens (including phenoxy) is 4. The van der Waals surface area contributed by atoms with Crippen molar-refractivity contribution in [3.8, 4) is 11.5 Å². The van der Waals surface area contributed by atoms with Crippen LogP contribution in [-0.2, 0) is 28.0 Å². The largest absolute Gasteiger partial charge is 0.497 e. The second-order valence-electron chi connectivity index (χ2n) is 13.9. The van der Waals surface area contributed by atoms with Gasteiger partial charge in [0, 0.05) is 24.4 Å². The van der Waals surface area contributed by atoms with Crippen molar-refractivity contribution in [2.75, 3.05) is 19.0 Å². The van der Waals surface area contributed by atoms with E-state index in [2.05, 4.69) is 94.5 Å². The lowest BCUT2D eigenvalue weighted by Gasteiger charge is -2.44. The summed E-state index contributed by atoms with van der Waals surface area (Å²) in [5.74, 6) is 2.50. The topological polar surface area (TPSA) is 49.0 Å². The first-order chi connectivity index (χ1) is 20.6. The Hall–Kier alpha value is -3.02. The first-order valence-electron chi connectivity index (χ1n) is 16.1. The van der Waals surface area contributed by atoms with Crippen molar-refractivity contribution in [3.05, 3.63) is 89.0 Å². The van der Waals surface area contributed by atoms with E-state index in [0.29, 0.717) is 13.2 Å². The molecule has 0 amide bonds. The van der Waals surface area contributed by atoms with E-state index < -0.39 is 5.60 Å². The minimum absolute atomic E-state index is 0.124. The molecule has 0 spiro atoms. The third-order valence-electron chi connectivity index (χ3n) is 9.10. The minimum Gasteiger partial charge on any atom is -0.497 e. The summed E-state index contributed by atoms with van der Waals surface area (Å²) in [6, 6.07) is 23.3. The van der Waals surface area contributed by atoms with Crippen molar-refractivity contribution in [3.63, 3.8) is 0 Å². The van der Waals surface area contributed by atoms with Gasteiger partial charge in [-0.15, -0.1) is 0 Å². The maximum absolute atomic E-state index is 6.81. The van der Waals surface area contributed by atoms with Crippen molar-refractivity contribution in [2.24, 2.45) is 5.92 Å². The highest BCUT2D eigenvalue weighted by molar-refractivity contribution is 5.54. The van der Waals surface area contributed by atoms with Gasteiger partial charge >= 0.3 is 0 Å². The Morgan fingerprint density at radius 1 is 0.860 bits per heavy atom. The molecule has 5 nitrogen and oxygen atoms in total. The monoisotopic (exact) mass is 585 g/mol. The van der Waals surface area contributed by atoms with Crippen molar-refractivity contribution in [2.45, 2.75) is 110 Å². The smallest absolute Gasteiger partial charge is 0.132 e. The summed E-state index contributed by atoms with van der Waals surface area (Å²) in [7, 11) is 1.69. The molecular weight excluding hydrogens is 534 g/mol. The number of hydrogen-bond donors (Lipinski definition) is 1. The first kappa shape index (κ1) is 31.4. The van der Waals surface area contributed by atoms with Gasteiger partial charge < -0.3 is 24.3 Å². The summed E-state index contributed by atoms with van der Waals surface area (Å²) in [6.45, 7) is 12.9. The lowest BCUT2D eigenvalue weighted by molar-refractivity contribution is -0.168. The van der Waals surface area contributed by atoms with Gasteiger partial charge in [-0.1, -0.05) is 89.3 Å². The molecule has 1 fully saturated rings. The van der Waals surface area contributed by atoms with Crippen LogP contribution >= 0.6 is 0 Å². The highest BCUT2D eigenvalue weighted by Gasteiger charge is 2.45. The zero-order valence-corrected chi connectivity index (χ0v) is 27.1. The van der Waals surface area contributed by atoms with Crippen molar-refractivity contribution >= 4 is 5.69 Å². The number of nitrogens with one attached hydrogen (secondary N) is 1. The Bertz CT molecular complexity index is 1300. The van der Waals surface area contributed by atoms with Gasteiger partial charge in [-0.2, -0.15) is 0 Å². The summed E-state index contributed by atoms with van der Waals surface area (Å²) in [4.78, 5) is 0. The predicted octanol–water partition coefficient (Wildman–Crippen LogP) is 9.39. The van der Waals surface area contributed by atoms with Crippen LogP contribution in [0.5, 0.6) is 11.5 Å². The highest BCUT2D eigenvalue weighted by Crippen LogP contribution is 2.45. The number of methoxy groups -OCH3 is 1. The normalized spacial score (nSPS) is 20.2. The molecule has 0 bridgehead atoms. The molecule has 5 rings (SSSR count). The van der Waals surface area contributed by atoms with E-state index in [0.717, 1.165) is 47.3 Å². The number of benzene rings is 3. The van der Waals surface area contributed by atoms with Gasteiger partial charge in [0.1, 0.15) is 29.3 Å². The van der Waals surface area contributed by atoms with Crippen LogP contribution in [0.3, 0.4) is 0 Å². The molecule has 5 heteroatoms. The Morgan fingerprint density at radius 3 is 2.23 bits per heavy atom. The van der Waals surface area contributed by atoms with E-state index in [1.54, 1.807) is 7.11 Å². The van der Waals surface area contributed by atoms with Crippen molar-refractivity contribution in [1.29, 1.82) is 0 Å². The molecule has 2 unspecified atom stereocenters. The fourth-order valence-corrected chi connectivity index (χ4v) is 6.38. The third kappa shape index (κ3) is 8.13. The van der Waals surface area contributed by atoms with Crippen LogP contribution in [-0.4, -0.2) is 25.4 Å². The second-order valence-corrected chi connectivity index (χ2v) is 13.9. The molecule has 2 aliphatic rings. The highest BCUT2D eigenvalue weighted by atomic mass is 16.6. The number of rotatable bonds is 11. The summed E-state index contributed by atoms with van der Waals surface area (Å²) in [6.07, 6.45) is 7.33. The average Bonchev–Trinajstić information content (AvgIpc) is 3.00. The van der Waals surface area contributed by atoms with Crippen LogP contribution in [0.4, 0.5) is 5.69 Å². The van der Waals surface area contributed by atoms with Crippen molar-refractivity contribution < 1.29 is 18.9 Å². The van der Waals surface area contributed by atoms with E-state index in [4.69, 9.17) is 18.9 Å². The molecule has 3 aromatic rings. The molecule has 2 atom stereocenters. The predicted molar refractivity (Wildman–Crippen MR) is 175 cm³/mol. The Kier molecular flexibility index (Phi) is 10.0. The third-order valence-corrected chi connectivity index (χ3v) is 9.10. The molecule has 1 heterocycles. The molecule has 3 aromatic carbocycles. The minimum atomic E-state index is -0.550. The molecule has 1 aliphatic carbocycles. The number of hydrogen-bond acceptors (Lipinski definition) is 5. The number of anilines is 1. The maximum Gasteiger partial charge on any atom is 0.132 e. The van der Waals surface area contributed by atoms with Crippen LogP contribution in [0.15, 0.2) is 66.7 Å². The lowest BCUT2D eigenvalue weighted by Crippen LogP contribution is -2.51. The van der Waals surface area contributed by atoms with E-state index >= 15 is 0 Å². The molecule has 0 radical (unpaired) electrons. The van der Waals surface area contributed by atoms with Crippen LogP contribution in [0.25, 0.3) is 0 Å². The van der Waals surface area contributed by atoms with Crippen LogP contribution in [0.2, 0.25) is 0 Å². The van der Waals surface area contributed by atoms with Gasteiger partial charge in [-0.05, 0) is 78.6 Å². The van der Waals surface area contributed by atoms with E-state index in [-0.39, 0.29) is 17.6 Å². The van der Waals surface area contributed by atoms with Gasteiger partial charge in [0.25, 0.3) is 0 Å². The molecule has 43 heavy (non-hydrogen) atoms. The van der Waals surface area contributed by atoms with E-state index in [1.807, 2.05) is 12.1 Å². The van der Waals surface area contributed by atoms with Gasteiger partial charge in [0.15, 0.2) is 0 Å². The molecule has 1 saturated carbocycles. The Morgan fingerprint density at radius 2 is 1.56 bits per heavy atom. The Labute approximate surface area is 259 Å². The van der Waals surface area contributed by atoms with Gasteiger partial charge in [0.2, 0.25) is 0 Å². The van der Waals surface area contributed by atoms with Crippen LogP contribution < -0.4 is 14.8 Å². The first-order valence-corrected chi connectivity index (χ1v) is 16.1. The number of fused-ring (bicyclic) bond motifs is 1. The zero-order valence-electron chi connectivity index (χ0n) is 27.1. The maximum atomic E-state index is 6.81. The summed E-state index contributed by atoms with van der Waals surface area (Å²) >= 11 is 0. The van der Waals surface area contributed by atoms with Gasteiger partial charge in [0.05, 0.1) is 13.7 Å². The second kappa shape index (κ2) is 13.7. The lowest BCUT2D eigenvalue weighted by atomic mass is 9.86. The molecule has 0 saturated heterocycles. The zero-order chi connectivity index (χ0) is 30.5. The van der Waals surface area contributed by atoms with Crippen LogP contribution in [0.1, 0.15) is 102 Å². The Balaban J connectivity index is 1.35. The molecule has 1 aliphatic heterocycles. The molecule has 0 aromatic heterocycles. The summed E-state index contributed by atoms with van der Waals surface area (Å²) in [5, 5.41) is 3.59. The SMILES string of the molecule is COc1ccc(CNc2ccc3c(c2)C(OCCC2CCCCC2)C(OCc2ccc(C(C)(C)C)cc2)C(C)(C)O3)cc1. The summed E-state index contributed by atoms with van der Waals surface area (Å²) in [5.41, 5.74) is 5.33. The van der Waals surface area contributed by atoms with E-state index in [9.17, 15) is 0 Å². The summed E-state index contributed by atoms with van der Waals surface area (Å²) < 4.78 is 25.5. The quantitative estimate of drug-likeness (QED) is 0.243. The molecule has 232 valence electrons. The molecular formula is C38H51NO4. The van der Waals surface area contributed by atoms with Gasteiger partial charge in [-0.3, -0.25) is 0 Å². The standard InChI is InChI=1S/C38H51NO4/c1-37(2,3)30-16-12-29(13-17-30)26-42-36-35(41-23-22-27-10-8-7-9-11-27)33-24-31(18-21-34(33)43-38(36,4)5)39-25-28-14-19-32(40-6)20-15-28/h12-21,24,27,35-36,39H,7-11,22-23,25-26H2,1-6H3. The fourth-order valence-electron chi connectivity index (χ4n) is 6.38. The fraction of sp³-hybridized carbons (Fsp3) is 0.526.